The molecule has 156 valence electrons. The van der Waals surface area contributed by atoms with Gasteiger partial charge >= 0.3 is 6.03 Å². The van der Waals surface area contributed by atoms with Crippen LogP contribution in [0, 0.1) is 0 Å². The Morgan fingerprint density at radius 2 is 1.87 bits per heavy atom. The largest absolute Gasteiger partial charge is 0.337 e. The standard InChI is InChI=1S/C22H18N4O3S2/c1-30-16-9-7-14(8-10-16)20-23-18(29-24-20)13-25-17-11-12-31-19(17)21(27)26(22(25)28)15-5-3-2-4-6-15/h2-12,17,19H,13H2,1H3. The first-order chi connectivity index (χ1) is 15.2. The molecule has 31 heavy (non-hydrogen) atoms. The van der Waals surface area contributed by atoms with Gasteiger partial charge in [0.2, 0.25) is 11.7 Å². The molecule has 3 aromatic rings. The summed E-state index contributed by atoms with van der Waals surface area (Å²) in [7, 11) is 0. The van der Waals surface area contributed by atoms with Crippen molar-refractivity contribution in [1.82, 2.24) is 15.0 Å². The van der Waals surface area contributed by atoms with E-state index in [0.29, 0.717) is 17.4 Å². The van der Waals surface area contributed by atoms with Crippen molar-refractivity contribution in [1.29, 1.82) is 0 Å². The van der Waals surface area contributed by atoms with E-state index in [9.17, 15) is 9.59 Å². The number of para-hydroxylation sites is 1. The van der Waals surface area contributed by atoms with E-state index in [0.717, 1.165) is 10.5 Å². The quantitative estimate of drug-likeness (QED) is 0.532. The summed E-state index contributed by atoms with van der Waals surface area (Å²) in [5.41, 5.74) is 1.39. The molecule has 2 aromatic carbocycles. The lowest BCUT2D eigenvalue weighted by atomic mass is 10.1. The molecule has 1 saturated heterocycles. The van der Waals surface area contributed by atoms with Gasteiger partial charge in [0.1, 0.15) is 11.8 Å². The van der Waals surface area contributed by atoms with E-state index in [-0.39, 0.29) is 23.7 Å². The van der Waals surface area contributed by atoms with Gasteiger partial charge in [-0.25, -0.2) is 9.69 Å². The molecule has 3 amide bonds. The second-order valence-electron chi connectivity index (χ2n) is 7.04. The molecule has 0 bridgehead atoms. The molecule has 0 saturated carbocycles. The maximum atomic E-state index is 13.3. The van der Waals surface area contributed by atoms with E-state index >= 15 is 0 Å². The number of anilines is 1. The van der Waals surface area contributed by atoms with Crippen LogP contribution >= 0.6 is 23.5 Å². The lowest BCUT2D eigenvalue weighted by molar-refractivity contribution is -0.119. The zero-order chi connectivity index (χ0) is 21.4. The van der Waals surface area contributed by atoms with Gasteiger partial charge in [-0.1, -0.05) is 29.4 Å². The Morgan fingerprint density at radius 1 is 1.10 bits per heavy atom. The number of carbonyl (C=O) groups excluding carboxylic acids is 2. The molecule has 0 radical (unpaired) electrons. The van der Waals surface area contributed by atoms with Crippen LogP contribution in [0.1, 0.15) is 5.89 Å². The van der Waals surface area contributed by atoms with Gasteiger partial charge in [-0.05, 0) is 48.1 Å². The first kappa shape index (κ1) is 19.9. The van der Waals surface area contributed by atoms with Crippen LogP contribution in [0.3, 0.4) is 0 Å². The van der Waals surface area contributed by atoms with Crippen molar-refractivity contribution < 1.29 is 14.1 Å². The maximum Gasteiger partial charge on any atom is 0.332 e. The lowest BCUT2D eigenvalue weighted by Crippen LogP contribution is -2.61. The number of amides is 3. The second-order valence-corrected chi connectivity index (χ2v) is 8.97. The third kappa shape index (κ3) is 3.64. The molecule has 5 rings (SSSR count). The van der Waals surface area contributed by atoms with E-state index in [4.69, 9.17) is 4.52 Å². The van der Waals surface area contributed by atoms with Gasteiger partial charge in [0.25, 0.3) is 5.91 Å². The molecule has 1 fully saturated rings. The predicted molar refractivity (Wildman–Crippen MR) is 121 cm³/mol. The predicted octanol–water partition coefficient (Wildman–Crippen LogP) is 4.43. The highest BCUT2D eigenvalue weighted by Gasteiger charge is 2.48. The number of hydrogen-bond acceptors (Lipinski definition) is 7. The number of nitrogens with zero attached hydrogens (tertiary/aromatic N) is 4. The van der Waals surface area contributed by atoms with Crippen molar-refractivity contribution in [2.75, 3.05) is 11.2 Å². The number of thioether (sulfide) groups is 2. The SMILES string of the molecule is CSc1ccc(-c2noc(CN3C(=O)N(c4ccccc4)C(=O)C4SC=CC43)n2)cc1. The smallest absolute Gasteiger partial charge is 0.332 e. The Balaban J connectivity index is 1.42. The summed E-state index contributed by atoms with van der Waals surface area (Å²) in [4.78, 5) is 34.8. The fourth-order valence-corrected chi connectivity index (χ4v) is 5.10. The van der Waals surface area contributed by atoms with E-state index in [1.54, 1.807) is 40.9 Å². The molecular weight excluding hydrogens is 432 g/mol. The van der Waals surface area contributed by atoms with Crippen LogP contribution in [0.4, 0.5) is 10.5 Å². The summed E-state index contributed by atoms with van der Waals surface area (Å²) in [5, 5.41) is 5.56. The van der Waals surface area contributed by atoms with E-state index in [1.165, 1.54) is 16.7 Å². The Kier molecular flexibility index (Phi) is 5.29. The topological polar surface area (TPSA) is 79.5 Å². The van der Waals surface area contributed by atoms with Crippen LogP contribution in [0.5, 0.6) is 0 Å². The molecule has 2 atom stereocenters. The van der Waals surface area contributed by atoms with Crippen LogP contribution in [0.15, 0.2) is 75.5 Å². The molecule has 2 unspecified atom stereocenters. The minimum Gasteiger partial charge on any atom is -0.337 e. The minimum atomic E-state index is -0.395. The lowest BCUT2D eigenvalue weighted by Gasteiger charge is -2.40. The Labute approximate surface area is 187 Å². The average Bonchev–Trinajstić information content (AvgIpc) is 3.48. The average molecular weight is 451 g/mol. The zero-order valence-electron chi connectivity index (χ0n) is 16.5. The minimum absolute atomic E-state index is 0.122. The zero-order valence-corrected chi connectivity index (χ0v) is 18.2. The normalized spacial score (nSPS) is 20.4. The number of imide groups is 1. The van der Waals surface area contributed by atoms with Gasteiger partial charge in [0.15, 0.2) is 0 Å². The van der Waals surface area contributed by atoms with E-state index in [1.807, 2.05) is 48.1 Å². The first-order valence-electron chi connectivity index (χ1n) is 9.64. The number of rotatable bonds is 5. The Morgan fingerprint density at radius 3 is 2.61 bits per heavy atom. The number of fused-ring (bicyclic) bond motifs is 1. The van der Waals surface area contributed by atoms with Crippen molar-refractivity contribution in [2.24, 2.45) is 0 Å². The fourth-order valence-electron chi connectivity index (χ4n) is 3.65. The monoisotopic (exact) mass is 450 g/mol. The van der Waals surface area contributed by atoms with Crippen LogP contribution in [0.25, 0.3) is 11.4 Å². The van der Waals surface area contributed by atoms with Gasteiger partial charge in [0.05, 0.1) is 11.7 Å². The molecule has 0 N–H and O–H groups in total. The van der Waals surface area contributed by atoms with E-state index < -0.39 is 6.03 Å². The van der Waals surface area contributed by atoms with Crippen LogP contribution in [0.2, 0.25) is 0 Å². The van der Waals surface area contributed by atoms with Gasteiger partial charge in [-0.2, -0.15) is 4.98 Å². The maximum absolute atomic E-state index is 13.3. The summed E-state index contributed by atoms with van der Waals surface area (Å²) >= 11 is 3.08. The molecule has 1 aromatic heterocycles. The Bertz CT molecular complexity index is 1150. The third-order valence-electron chi connectivity index (χ3n) is 5.21. The summed E-state index contributed by atoms with van der Waals surface area (Å²) in [6, 6.07) is 16.1. The van der Waals surface area contributed by atoms with Gasteiger partial charge in [-0.15, -0.1) is 23.5 Å². The Hall–Kier alpha value is -3.04. The summed E-state index contributed by atoms with van der Waals surface area (Å²) in [6.07, 6.45) is 3.90. The highest BCUT2D eigenvalue weighted by Crippen LogP contribution is 2.37. The highest BCUT2D eigenvalue weighted by atomic mass is 32.2. The number of hydrogen-bond donors (Lipinski definition) is 0. The fraction of sp³-hybridized carbons (Fsp3) is 0.182. The molecule has 0 spiro atoms. The first-order valence-corrected chi connectivity index (χ1v) is 11.8. The second kappa shape index (κ2) is 8.24. The summed E-state index contributed by atoms with van der Waals surface area (Å²) in [5.74, 6) is 0.576. The number of urea groups is 1. The van der Waals surface area contributed by atoms with Crippen molar-refractivity contribution in [3.8, 4) is 11.4 Å². The molecule has 9 heteroatoms. The van der Waals surface area contributed by atoms with E-state index in [2.05, 4.69) is 10.1 Å². The van der Waals surface area contributed by atoms with Gasteiger partial charge < -0.3 is 9.42 Å². The molecule has 2 aliphatic heterocycles. The van der Waals surface area contributed by atoms with Crippen LogP contribution in [-0.4, -0.2) is 44.5 Å². The molecule has 0 aliphatic carbocycles. The number of aromatic nitrogens is 2. The third-order valence-corrected chi connectivity index (χ3v) is 7.04. The molecular formula is C22H18N4O3S2. The highest BCUT2D eigenvalue weighted by molar-refractivity contribution is 8.03. The van der Waals surface area contributed by atoms with Crippen LogP contribution in [-0.2, 0) is 11.3 Å². The molecule has 2 aliphatic rings. The van der Waals surface area contributed by atoms with Gasteiger partial charge in [-0.3, -0.25) is 4.79 Å². The van der Waals surface area contributed by atoms with Crippen LogP contribution < -0.4 is 4.90 Å². The van der Waals surface area contributed by atoms with Gasteiger partial charge in [0, 0.05) is 10.5 Å². The van der Waals surface area contributed by atoms with Crippen molar-refractivity contribution in [3.63, 3.8) is 0 Å². The van der Waals surface area contributed by atoms with Crippen molar-refractivity contribution in [2.45, 2.75) is 22.7 Å². The molecule has 3 heterocycles. The van der Waals surface area contributed by atoms with Crippen molar-refractivity contribution in [3.05, 3.63) is 72.0 Å². The van der Waals surface area contributed by atoms with Crippen molar-refractivity contribution >= 4 is 41.1 Å². The number of carbonyl (C=O) groups is 2. The number of benzene rings is 2. The summed E-state index contributed by atoms with van der Waals surface area (Å²) in [6.45, 7) is 0.122. The molecule has 7 nitrogen and oxygen atoms in total. The summed E-state index contributed by atoms with van der Waals surface area (Å²) < 4.78 is 5.45.